The lowest BCUT2D eigenvalue weighted by molar-refractivity contribution is 0.0696. The van der Waals surface area contributed by atoms with Gasteiger partial charge < -0.3 is 9.67 Å². The molecule has 2 aromatic rings. The highest BCUT2D eigenvalue weighted by molar-refractivity contribution is 6.30. The molecular formula is C13H12ClNO2. The summed E-state index contributed by atoms with van der Waals surface area (Å²) < 4.78 is 1.87. The summed E-state index contributed by atoms with van der Waals surface area (Å²) in [6.07, 6.45) is 2.43. The molecule has 88 valence electrons. The van der Waals surface area contributed by atoms with Crippen molar-refractivity contribution in [2.24, 2.45) is 0 Å². The van der Waals surface area contributed by atoms with Crippen LogP contribution in [0.1, 0.15) is 23.0 Å². The average molecular weight is 250 g/mol. The molecule has 2 rings (SSSR count). The molecule has 17 heavy (non-hydrogen) atoms. The van der Waals surface area contributed by atoms with Crippen LogP contribution in [0.2, 0.25) is 5.02 Å². The van der Waals surface area contributed by atoms with Crippen LogP contribution < -0.4 is 0 Å². The number of hydrogen-bond donors (Lipinski definition) is 1. The number of benzene rings is 1. The van der Waals surface area contributed by atoms with Crippen LogP contribution in [0.4, 0.5) is 0 Å². The molecule has 0 unspecified atom stereocenters. The number of aromatic nitrogens is 1. The van der Waals surface area contributed by atoms with Crippen molar-refractivity contribution < 1.29 is 9.90 Å². The van der Waals surface area contributed by atoms with E-state index in [0.29, 0.717) is 17.0 Å². The highest BCUT2D eigenvalue weighted by atomic mass is 35.5. The second-order valence-corrected chi connectivity index (χ2v) is 4.12. The predicted octanol–water partition coefficient (Wildman–Crippen LogP) is 3.39. The van der Waals surface area contributed by atoms with Crippen LogP contribution in [0.25, 0.3) is 5.69 Å². The molecule has 0 saturated heterocycles. The van der Waals surface area contributed by atoms with Gasteiger partial charge in [0.1, 0.15) is 0 Å². The molecule has 0 spiro atoms. The van der Waals surface area contributed by atoms with E-state index in [4.69, 9.17) is 16.7 Å². The van der Waals surface area contributed by atoms with Gasteiger partial charge in [-0.1, -0.05) is 18.5 Å². The van der Waals surface area contributed by atoms with Gasteiger partial charge in [0.05, 0.1) is 5.56 Å². The van der Waals surface area contributed by atoms with Crippen molar-refractivity contribution >= 4 is 17.6 Å². The standard InChI is InChI=1S/C13H12ClNO2/c1-2-12-11(13(16)17)7-8-15(12)10-5-3-9(14)4-6-10/h3-8H,2H2,1H3,(H,16,17). The van der Waals surface area contributed by atoms with Crippen LogP contribution in [-0.2, 0) is 6.42 Å². The number of nitrogens with zero attached hydrogens (tertiary/aromatic N) is 1. The molecule has 0 aliphatic heterocycles. The molecule has 0 atom stereocenters. The third-order valence-corrected chi connectivity index (χ3v) is 2.91. The molecule has 0 aliphatic rings. The summed E-state index contributed by atoms with van der Waals surface area (Å²) in [6, 6.07) is 8.93. The Hall–Kier alpha value is -1.74. The fourth-order valence-corrected chi connectivity index (χ4v) is 1.99. The molecule has 0 saturated carbocycles. The minimum Gasteiger partial charge on any atom is -0.478 e. The van der Waals surface area contributed by atoms with E-state index in [9.17, 15) is 4.79 Å². The van der Waals surface area contributed by atoms with Crippen LogP contribution >= 0.6 is 11.6 Å². The summed E-state index contributed by atoms with van der Waals surface area (Å²) in [5.74, 6) is -0.894. The molecule has 1 aromatic carbocycles. The molecule has 0 bridgehead atoms. The number of hydrogen-bond acceptors (Lipinski definition) is 1. The Bertz CT molecular complexity index is 543. The van der Waals surface area contributed by atoms with Crippen LogP contribution in [0.5, 0.6) is 0 Å². The summed E-state index contributed by atoms with van der Waals surface area (Å²) in [5.41, 5.74) is 2.06. The maximum Gasteiger partial charge on any atom is 0.337 e. The Balaban J connectivity index is 2.52. The van der Waals surface area contributed by atoms with Crippen molar-refractivity contribution in [1.82, 2.24) is 4.57 Å². The van der Waals surface area contributed by atoms with E-state index >= 15 is 0 Å². The van der Waals surface area contributed by atoms with Crippen LogP contribution in [0.15, 0.2) is 36.5 Å². The normalized spacial score (nSPS) is 10.5. The van der Waals surface area contributed by atoms with Crippen LogP contribution in [-0.4, -0.2) is 15.6 Å². The SMILES string of the molecule is CCc1c(C(=O)O)ccn1-c1ccc(Cl)cc1. The topological polar surface area (TPSA) is 42.2 Å². The number of rotatable bonds is 3. The van der Waals surface area contributed by atoms with Crippen molar-refractivity contribution in [3.8, 4) is 5.69 Å². The summed E-state index contributed by atoms with van der Waals surface area (Å²) in [5, 5.41) is 9.73. The van der Waals surface area contributed by atoms with Gasteiger partial charge in [0.25, 0.3) is 0 Å². The number of carbonyl (C=O) groups is 1. The minimum absolute atomic E-state index is 0.349. The lowest BCUT2D eigenvalue weighted by atomic mass is 10.2. The predicted molar refractivity (Wildman–Crippen MR) is 67.1 cm³/mol. The fraction of sp³-hybridized carbons (Fsp3) is 0.154. The molecule has 0 radical (unpaired) electrons. The van der Waals surface area contributed by atoms with Crippen molar-refractivity contribution in [1.29, 1.82) is 0 Å². The first-order chi connectivity index (χ1) is 8.13. The van der Waals surface area contributed by atoms with Gasteiger partial charge in [-0.05, 0) is 36.8 Å². The first-order valence-corrected chi connectivity index (χ1v) is 5.70. The van der Waals surface area contributed by atoms with Gasteiger partial charge >= 0.3 is 5.97 Å². The van der Waals surface area contributed by atoms with Crippen molar-refractivity contribution in [2.45, 2.75) is 13.3 Å². The van der Waals surface area contributed by atoms with Crippen LogP contribution in [0.3, 0.4) is 0 Å². The number of carboxylic acids is 1. The molecule has 1 N–H and O–H groups in total. The Morgan fingerprint density at radius 2 is 1.94 bits per heavy atom. The van der Waals surface area contributed by atoms with Gasteiger partial charge in [-0.15, -0.1) is 0 Å². The number of halogens is 1. The Morgan fingerprint density at radius 3 is 2.47 bits per heavy atom. The van der Waals surface area contributed by atoms with E-state index in [0.717, 1.165) is 11.4 Å². The van der Waals surface area contributed by atoms with E-state index < -0.39 is 5.97 Å². The van der Waals surface area contributed by atoms with E-state index in [1.807, 2.05) is 23.6 Å². The summed E-state index contributed by atoms with van der Waals surface area (Å²) in [6.45, 7) is 1.94. The van der Waals surface area contributed by atoms with Crippen molar-refractivity contribution in [2.75, 3.05) is 0 Å². The highest BCUT2D eigenvalue weighted by Gasteiger charge is 2.14. The van der Waals surface area contributed by atoms with Gasteiger partial charge in [0.15, 0.2) is 0 Å². The largest absolute Gasteiger partial charge is 0.478 e. The van der Waals surface area contributed by atoms with Gasteiger partial charge in [0, 0.05) is 22.6 Å². The molecule has 1 aromatic heterocycles. The first-order valence-electron chi connectivity index (χ1n) is 5.33. The van der Waals surface area contributed by atoms with Gasteiger partial charge in [-0.25, -0.2) is 4.79 Å². The maximum atomic E-state index is 11.0. The van der Waals surface area contributed by atoms with Gasteiger partial charge in [0.2, 0.25) is 0 Å². The van der Waals surface area contributed by atoms with E-state index in [1.165, 1.54) is 0 Å². The number of carboxylic acid groups (broad SMARTS) is 1. The van der Waals surface area contributed by atoms with Gasteiger partial charge in [-0.2, -0.15) is 0 Å². The fourth-order valence-electron chi connectivity index (χ4n) is 1.86. The molecule has 0 amide bonds. The average Bonchev–Trinajstić information content (AvgIpc) is 2.73. The highest BCUT2D eigenvalue weighted by Crippen LogP contribution is 2.19. The summed E-state index contributed by atoms with van der Waals surface area (Å²) in [4.78, 5) is 11.0. The second kappa shape index (κ2) is 4.63. The first kappa shape index (κ1) is 11.7. The Kier molecular flexibility index (Phi) is 3.20. The van der Waals surface area contributed by atoms with E-state index in [2.05, 4.69) is 0 Å². The minimum atomic E-state index is -0.894. The third kappa shape index (κ3) is 2.19. The second-order valence-electron chi connectivity index (χ2n) is 3.68. The molecule has 4 heteroatoms. The lowest BCUT2D eigenvalue weighted by Crippen LogP contribution is -2.04. The quantitative estimate of drug-likeness (QED) is 0.906. The number of aromatic carboxylic acids is 1. The smallest absolute Gasteiger partial charge is 0.337 e. The zero-order valence-corrected chi connectivity index (χ0v) is 10.1. The molecule has 1 heterocycles. The van der Waals surface area contributed by atoms with Gasteiger partial charge in [-0.3, -0.25) is 0 Å². The van der Waals surface area contributed by atoms with Crippen molar-refractivity contribution in [3.63, 3.8) is 0 Å². The van der Waals surface area contributed by atoms with Crippen molar-refractivity contribution in [3.05, 3.63) is 52.8 Å². The molecule has 3 nitrogen and oxygen atoms in total. The molecular weight excluding hydrogens is 238 g/mol. The molecule has 0 aliphatic carbocycles. The van der Waals surface area contributed by atoms with E-state index in [1.54, 1.807) is 24.4 Å². The zero-order valence-electron chi connectivity index (χ0n) is 9.35. The molecule has 0 fully saturated rings. The summed E-state index contributed by atoms with van der Waals surface area (Å²) in [7, 11) is 0. The van der Waals surface area contributed by atoms with E-state index in [-0.39, 0.29) is 0 Å². The Morgan fingerprint density at radius 1 is 1.29 bits per heavy atom. The Labute approximate surface area is 104 Å². The maximum absolute atomic E-state index is 11.0. The lowest BCUT2D eigenvalue weighted by Gasteiger charge is -2.08. The summed E-state index contributed by atoms with van der Waals surface area (Å²) >= 11 is 5.83. The third-order valence-electron chi connectivity index (χ3n) is 2.66. The zero-order chi connectivity index (χ0) is 12.4. The monoisotopic (exact) mass is 249 g/mol. The van der Waals surface area contributed by atoms with Crippen LogP contribution in [0, 0.1) is 0 Å².